The highest BCUT2D eigenvalue weighted by molar-refractivity contribution is 7.99. The molecule has 0 rings (SSSR count). The van der Waals surface area contributed by atoms with Gasteiger partial charge in [0.25, 0.3) is 0 Å². The first kappa shape index (κ1) is 18.7. The Morgan fingerprint density at radius 2 is 1.53 bits per heavy atom. The number of ketones is 3. The maximum atomic E-state index is 10.6. The maximum Gasteiger partial charge on any atom is 0.140 e. The highest BCUT2D eigenvalue weighted by atomic mass is 32.2. The second-order valence-corrected chi connectivity index (χ2v) is 5.03. The molecule has 0 heterocycles. The Morgan fingerprint density at radius 1 is 0.941 bits per heavy atom. The smallest absolute Gasteiger partial charge is 0.140 e. The number of hydrogen-bond acceptors (Lipinski definition) is 4. The molecule has 0 aliphatic carbocycles. The molecule has 0 spiro atoms. The zero-order valence-electron chi connectivity index (χ0n) is 11.4. The van der Waals surface area contributed by atoms with Gasteiger partial charge >= 0.3 is 0 Å². The van der Waals surface area contributed by atoms with E-state index in [2.05, 4.69) is 6.92 Å². The van der Waals surface area contributed by atoms with Crippen LogP contribution in [0, 0.1) is 0 Å². The van der Waals surface area contributed by atoms with Crippen molar-refractivity contribution in [2.45, 2.75) is 53.4 Å². The van der Waals surface area contributed by atoms with Gasteiger partial charge in [-0.05, 0) is 32.4 Å². The lowest BCUT2D eigenvalue weighted by Crippen LogP contribution is -2.02. The molecule has 0 aromatic heterocycles. The summed E-state index contributed by atoms with van der Waals surface area (Å²) in [6, 6.07) is 0. The van der Waals surface area contributed by atoms with E-state index in [1.54, 1.807) is 18.7 Å². The molecule has 0 saturated carbocycles. The summed E-state index contributed by atoms with van der Waals surface area (Å²) in [5.41, 5.74) is 0. The minimum Gasteiger partial charge on any atom is -0.300 e. The SMILES string of the molecule is CCCC(=O)CC(C)=O.CCCSCC(C)=O. The molecule has 0 atom stereocenters. The van der Waals surface area contributed by atoms with Crippen LogP contribution in [0.25, 0.3) is 0 Å². The number of carbonyl (C=O) groups is 3. The molecule has 0 aromatic rings. The molecule has 0 unspecified atom stereocenters. The highest BCUT2D eigenvalue weighted by Crippen LogP contribution is 2.00. The monoisotopic (exact) mass is 260 g/mol. The van der Waals surface area contributed by atoms with Crippen LogP contribution >= 0.6 is 11.8 Å². The average molecular weight is 260 g/mol. The number of rotatable bonds is 8. The van der Waals surface area contributed by atoms with Crippen LogP contribution in [0.15, 0.2) is 0 Å². The summed E-state index contributed by atoms with van der Waals surface area (Å²) in [6.45, 7) is 7.11. The van der Waals surface area contributed by atoms with Crippen LogP contribution in [-0.4, -0.2) is 28.9 Å². The van der Waals surface area contributed by atoms with Gasteiger partial charge in [0.05, 0.1) is 12.2 Å². The van der Waals surface area contributed by atoms with Crippen molar-refractivity contribution < 1.29 is 14.4 Å². The molecule has 0 saturated heterocycles. The van der Waals surface area contributed by atoms with E-state index in [4.69, 9.17) is 0 Å². The summed E-state index contributed by atoms with van der Waals surface area (Å²) in [6.07, 6.45) is 2.66. The largest absolute Gasteiger partial charge is 0.300 e. The summed E-state index contributed by atoms with van der Waals surface area (Å²) >= 11 is 1.71. The van der Waals surface area contributed by atoms with Gasteiger partial charge in [-0.25, -0.2) is 0 Å². The third-order valence-electron chi connectivity index (χ3n) is 1.63. The predicted molar refractivity (Wildman–Crippen MR) is 73.5 cm³/mol. The summed E-state index contributed by atoms with van der Waals surface area (Å²) < 4.78 is 0. The van der Waals surface area contributed by atoms with E-state index in [1.165, 1.54) is 6.92 Å². The Labute approximate surface area is 109 Å². The minimum atomic E-state index is -0.0338. The molecule has 4 heteroatoms. The van der Waals surface area contributed by atoms with Crippen molar-refractivity contribution in [2.24, 2.45) is 0 Å². The Kier molecular flexibility index (Phi) is 14.8. The first-order valence-electron chi connectivity index (χ1n) is 6.02. The molecule has 0 aromatic carbocycles. The second-order valence-electron chi connectivity index (χ2n) is 3.92. The highest BCUT2D eigenvalue weighted by Gasteiger charge is 2.01. The Morgan fingerprint density at radius 3 is 1.88 bits per heavy atom. The average Bonchev–Trinajstić information content (AvgIpc) is 2.17. The summed E-state index contributed by atoms with van der Waals surface area (Å²) in [5, 5.41) is 0. The molecule has 100 valence electrons. The zero-order valence-corrected chi connectivity index (χ0v) is 12.2. The predicted octanol–water partition coefficient (Wildman–Crippen LogP) is 3.05. The second kappa shape index (κ2) is 13.4. The molecular weight excluding hydrogens is 236 g/mol. The van der Waals surface area contributed by atoms with Gasteiger partial charge in [0, 0.05) is 6.42 Å². The van der Waals surface area contributed by atoms with E-state index in [0.717, 1.165) is 18.6 Å². The standard InChI is InChI=1S/C7H12O2.C6H12OS/c1-3-4-7(9)5-6(2)8;1-3-4-8-5-6(2)7/h3-5H2,1-2H3;3-5H2,1-2H3. The van der Waals surface area contributed by atoms with E-state index < -0.39 is 0 Å². The van der Waals surface area contributed by atoms with Gasteiger partial charge in [0.15, 0.2) is 0 Å². The van der Waals surface area contributed by atoms with Crippen LogP contribution in [0.4, 0.5) is 0 Å². The topological polar surface area (TPSA) is 51.2 Å². The molecule has 0 fully saturated rings. The molecular formula is C13H24O3S. The fourth-order valence-corrected chi connectivity index (χ4v) is 1.73. The first-order valence-corrected chi connectivity index (χ1v) is 7.17. The summed E-state index contributed by atoms with van der Waals surface area (Å²) in [4.78, 5) is 31.2. The maximum absolute atomic E-state index is 10.6. The molecule has 0 aliphatic heterocycles. The van der Waals surface area contributed by atoms with Gasteiger partial charge in [-0.3, -0.25) is 14.4 Å². The quantitative estimate of drug-likeness (QED) is 0.497. The van der Waals surface area contributed by atoms with Gasteiger partial charge in [-0.15, -0.1) is 0 Å². The van der Waals surface area contributed by atoms with Crippen LogP contribution in [0.5, 0.6) is 0 Å². The van der Waals surface area contributed by atoms with Crippen molar-refractivity contribution in [3.8, 4) is 0 Å². The molecule has 0 aliphatic rings. The summed E-state index contributed by atoms with van der Waals surface area (Å²) in [5.74, 6) is 2.11. The van der Waals surface area contributed by atoms with E-state index in [1.807, 2.05) is 6.92 Å². The van der Waals surface area contributed by atoms with Crippen LogP contribution in [0.3, 0.4) is 0 Å². The Balaban J connectivity index is 0. The first-order chi connectivity index (χ1) is 7.93. The lowest BCUT2D eigenvalue weighted by atomic mass is 10.1. The number of Topliss-reactive ketones (excluding diaryl/α,β-unsaturated/α-hetero) is 3. The summed E-state index contributed by atoms with van der Waals surface area (Å²) in [7, 11) is 0. The lowest BCUT2D eigenvalue weighted by Gasteiger charge is -1.91. The van der Waals surface area contributed by atoms with Gasteiger partial charge in [-0.1, -0.05) is 13.8 Å². The van der Waals surface area contributed by atoms with Gasteiger partial charge in [-0.2, -0.15) is 11.8 Å². The minimum absolute atomic E-state index is 0.0338. The molecule has 3 nitrogen and oxygen atoms in total. The van der Waals surface area contributed by atoms with Crippen LogP contribution in [-0.2, 0) is 14.4 Å². The van der Waals surface area contributed by atoms with Gasteiger partial charge in [0.2, 0.25) is 0 Å². The van der Waals surface area contributed by atoms with E-state index >= 15 is 0 Å². The third-order valence-corrected chi connectivity index (χ3v) is 2.94. The fourth-order valence-electron chi connectivity index (χ4n) is 1.01. The van der Waals surface area contributed by atoms with E-state index in [9.17, 15) is 14.4 Å². The van der Waals surface area contributed by atoms with Crippen molar-refractivity contribution in [2.75, 3.05) is 11.5 Å². The fraction of sp³-hybridized carbons (Fsp3) is 0.769. The van der Waals surface area contributed by atoms with Gasteiger partial charge < -0.3 is 0 Å². The van der Waals surface area contributed by atoms with Crippen molar-refractivity contribution >= 4 is 29.1 Å². The molecule has 0 N–H and O–H groups in total. The van der Waals surface area contributed by atoms with E-state index in [-0.39, 0.29) is 23.8 Å². The molecule has 0 bridgehead atoms. The molecule has 0 amide bonds. The molecule has 0 radical (unpaired) electrons. The normalized spacial score (nSPS) is 9.18. The lowest BCUT2D eigenvalue weighted by molar-refractivity contribution is -0.126. The third kappa shape index (κ3) is 21.2. The van der Waals surface area contributed by atoms with Crippen molar-refractivity contribution in [3.05, 3.63) is 0 Å². The Hall–Kier alpha value is -0.640. The van der Waals surface area contributed by atoms with E-state index in [0.29, 0.717) is 12.2 Å². The van der Waals surface area contributed by atoms with Crippen LogP contribution < -0.4 is 0 Å². The number of hydrogen-bond donors (Lipinski definition) is 0. The van der Waals surface area contributed by atoms with Gasteiger partial charge in [0.1, 0.15) is 17.3 Å². The number of thioether (sulfide) groups is 1. The van der Waals surface area contributed by atoms with Crippen LogP contribution in [0.1, 0.15) is 53.4 Å². The Bertz CT molecular complexity index is 237. The van der Waals surface area contributed by atoms with Crippen molar-refractivity contribution in [1.82, 2.24) is 0 Å². The van der Waals surface area contributed by atoms with Crippen molar-refractivity contribution in [3.63, 3.8) is 0 Å². The van der Waals surface area contributed by atoms with Crippen LogP contribution in [0.2, 0.25) is 0 Å². The molecule has 17 heavy (non-hydrogen) atoms. The zero-order chi connectivity index (χ0) is 13.7. The number of carbonyl (C=O) groups excluding carboxylic acids is 3. The van der Waals surface area contributed by atoms with Crippen molar-refractivity contribution in [1.29, 1.82) is 0 Å².